The minimum atomic E-state index is -2.01. The van der Waals surface area contributed by atoms with Crippen molar-refractivity contribution in [2.45, 2.75) is 181 Å². The molecular weight excluding hydrogens is 630 g/mol. The number of likely N-dealkylation sites (N-methyl/N-ethyl adjacent to an activating group) is 1. The lowest BCUT2D eigenvalue weighted by molar-refractivity contribution is -0.309. The summed E-state index contributed by atoms with van der Waals surface area (Å²) in [6.45, 7) is 21.9. The number of esters is 1. The zero-order valence-corrected chi connectivity index (χ0v) is 32.4. The second kappa shape index (κ2) is 16.1. The van der Waals surface area contributed by atoms with Crippen molar-refractivity contribution in [3.63, 3.8) is 0 Å². The average Bonchev–Trinajstić information content (AvgIpc) is 3.37. The van der Waals surface area contributed by atoms with Crippen LogP contribution in [0, 0.1) is 23.7 Å². The standard InChI is InChI=1S/C38H67NO10/c1-14-28-23(6)30(40)24(7)32-20(3)17-38(11,49-32)34(48-36-31(41)27(39(12)15-2)16-21(4)45-36)25(8)33(26(9)35(42)46-28)47-29-19-37(10,43-13)18-22(5)44-29/h21-31,33-34,36,40-41H,14-19H2,1-13H3/t21-,22+,23+,24-,25+,26-,27+,28-,29+,30+,31-,33+,34-,36+,37+,38-/m1/s1/i30T. The summed E-state index contributed by atoms with van der Waals surface area (Å²) in [6, 6.07) is -0.192. The molecule has 2 bridgehead atoms. The van der Waals surface area contributed by atoms with Crippen molar-refractivity contribution in [1.29, 1.82) is 0 Å². The quantitative estimate of drug-likeness (QED) is 0.325. The first-order valence-electron chi connectivity index (χ1n) is 19.1. The number of hydrogen-bond acceptors (Lipinski definition) is 11. The summed E-state index contributed by atoms with van der Waals surface area (Å²) in [4.78, 5) is 16.2. The first-order valence-corrected chi connectivity index (χ1v) is 18.6. The Balaban J connectivity index is 1.83. The van der Waals surface area contributed by atoms with E-state index in [1.165, 1.54) is 0 Å². The van der Waals surface area contributed by atoms with Gasteiger partial charge in [-0.1, -0.05) is 34.6 Å². The molecule has 0 aromatic carbocycles. The highest BCUT2D eigenvalue weighted by atomic mass is 16.7. The molecule has 0 saturated carbocycles. The highest BCUT2D eigenvalue weighted by Crippen LogP contribution is 2.47. The van der Waals surface area contributed by atoms with E-state index in [-0.39, 0.29) is 18.2 Å². The molecule has 49 heavy (non-hydrogen) atoms. The maximum Gasteiger partial charge on any atom is 0.311 e. The van der Waals surface area contributed by atoms with Crippen LogP contribution in [0.25, 0.3) is 0 Å². The molecule has 0 spiro atoms. The molecule has 16 atom stereocenters. The third-order valence-corrected chi connectivity index (χ3v) is 11.8. The molecule has 11 nitrogen and oxygen atoms in total. The monoisotopic (exact) mass is 699 g/mol. The van der Waals surface area contributed by atoms with Crippen LogP contribution in [0.3, 0.4) is 0 Å². The van der Waals surface area contributed by atoms with Crippen molar-refractivity contribution in [3.05, 3.63) is 11.3 Å². The molecule has 2 N–H and O–H groups in total. The number of rotatable bonds is 8. The molecule has 0 aromatic heterocycles. The molecule has 3 fully saturated rings. The van der Waals surface area contributed by atoms with Gasteiger partial charge in [0.2, 0.25) is 0 Å². The van der Waals surface area contributed by atoms with Gasteiger partial charge >= 0.3 is 5.97 Å². The maximum absolute atomic E-state index is 14.1. The van der Waals surface area contributed by atoms with Gasteiger partial charge in [-0.15, -0.1) is 0 Å². The highest BCUT2D eigenvalue weighted by molar-refractivity contribution is 5.73. The molecule has 11 heteroatoms. The number of fused-ring (bicyclic) bond motifs is 2. The van der Waals surface area contributed by atoms with Crippen molar-refractivity contribution in [3.8, 4) is 0 Å². The number of nitrogens with zero attached hydrogens (tertiary/aromatic N) is 1. The lowest BCUT2D eigenvalue weighted by atomic mass is 9.79. The fraction of sp³-hybridized carbons (Fsp3) is 0.921. The van der Waals surface area contributed by atoms with Gasteiger partial charge in [0.15, 0.2) is 12.6 Å². The predicted octanol–water partition coefficient (Wildman–Crippen LogP) is 5.20. The minimum Gasteiger partial charge on any atom is -0.489 e. The molecule has 0 aliphatic carbocycles. The van der Waals surface area contributed by atoms with E-state index in [0.717, 1.165) is 12.1 Å². The van der Waals surface area contributed by atoms with Gasteiger partial charge in [-0.25, -0.2) is 0 Å². The molecule has 4 heterocycles. The Labute approximate surface area is 296 Å². The fourth-order valence-electron chi connectivity index (χ4n) is 8.73. The van der Waals surface area contributed by atoms with Crippen LogP contribution in [0.15, 0.2) is 11.3 Å². The summed E-state index contributed by atoms with van der Waals surface area (Å²) >= 11 is 0. The third kappa shape index (κ3) is 8.67. The summed E-state index contributed by atoms with van der Waals surface area (Å²) in [5.41, 5.74) is -0.624. The molecule has 0 unspecified atom stereocenters. The second-order valence-corrected chi connectivity index (χ2v) is 16.0. The first-order chi connectivity index (χ1) is 23.2. The largest absolute Gasteiger partial charge is 0.489 e. The second-order valence-electron chi connectivity index (χ2n) is 16.0. The molecule has 0 radical (unpaired) electrons. The molecular formula is C38H67NO10. The number of hydrogen-bond donors (Lipinski definition) is 2. The van der Waals surface area contributed by atoms with Crippen molar-refractivity contribution >= 4 is 5.97 Å². The first kappa shape index (κ1) is 38.9. The van der Waals surface area contributed by atoms with Crippen LogP contribution < -0.4 is 0 Å². The SMILES string of the molecule is [3H][C@@]1(O)[C@@H](C)C2=C(C)C[C@@](C)(O2)[C@H](O[C@@H]2O[C@H](C)C[C@H](N(C)CC)[C@H]2O)[C@@H](C)[C@H](O[C@H]2C[C@@](C)(OC)C[C@H](C)O2)[C@@H](C)C(=O)O[C@H](CC)[C@@H]1C. The highest BCUT2D eigenvalue weighted by Gasteiger charge is 2.54. The number of ether oxygens (including phenoxy) is 7. The van der Waals surface area contributed by atoms with Gasteiger partial charge in [0.25, 0.3) is 0 Å². The summed E-state index contributed by atoms with van der Waals surface area (Å²) in [5.74, 6) is -2.79. The lowest BCUT2D eigenvalue weighted by Gasteiger charge is -2.48. The van der Waals surface area contributed by atoms with Crippen molar-refractivity contribution in [2.75, 3.05) is 20.7 Å². The molecule has 3 saturated heterocycles. The fourth-order valence-corrected chi connectivity index (χ4v) is 8.73. The van der Waals surface area contributed by atoms with Gasteiger partial charge in [0.05, 0.1) is 37.3 Å². The molecule has 4 aliphatic heterocycles. The van der Waals surface area contributed by atoms with Gasteiger partial charge in [-0.2, -0.15) is 0 Å². The Bertz CT molecular complexity index is 1200. The Kier molecular flexibility index (Phi) is 12.8. The summed E-state index contributed by atoms with van der Waals surface area (Å²) in [7, 11) is 3.67. The minimum absolute atomic E-state index is 0.149. The zero-order chi connectivity index (χ0) is 37.5. The van der Waals surface area contributed by atoms with Crippen LogP contribution >= 0.6 is 0 Å². The Hall–Kier alpha value is -1.31. The van der Waals surface area contributed by atoms with E-state index in [4.69, 9.17) is 33.2 Å². The summed E-state index contributed by atoms with van der Waals surface area (Å²) in [6.07, 6.45) is -4.64. The topological polar surface area (TPSA) is 125 Å². The maximum atomic E-state index is 14.1. The molecule has 284 valence electrons. The van der Waals surface area contributed by atoms with E-state index in [2.05, 4.69) is 4.90 Å². The molecule has 4 aliphatic rings. The van der Waals surface area contributed by atoms with Gasteiger partial charge in [0, 0.05) is 50.2 Å². The van der Waals surface area contributed by atoms with E-state index >= 15 is 0 Å². The van der Waals surface area contributed by atoms with Crippen molar-refractivity contribution in [1.82, 2.24) is 4.90 Å². The van der Waals surface area contributed by atoms with Gasteiger partial charge in [-0.05, 0) is 73.5 Å². The normalized spacial score (nSPS) is 49.0. The number of cyclic esters (lactones) is 1. The number of methoxy groups -OCH3 is 1. The average molecular weight is 700 g/mol. The number of aliphatic hydroxyl groups is 2. The lowest BCUT2D eigenvalue weighted by Crippen LogP contribution is -2.59. The van der Waals surface area contributed by atoms with Crippen molar-refractivity contribution < 1.29 is 49.5 Å². The van der Waals surface area contributed by atoms with Crippen LogP contribution in [0.2, 0.25) is 0 Å². The van der Waals surface area contributed by atoms with Crippen LogP contribution in [0.4, 0.5) is 0 Å². The third-order valence-electron chi connectivity index (χ3n) is 11.8. The molecule has 4 rings (SSSR count). The van der Waals surface area contributed by atoms with Crippen LogP contribution in [-0.4, -0.2) is 114 Å². The smallest absolute Gasteiger partial charge is 0.311 e. The van der Waals surface area contributed by atoms with Crippen LogP contribution in [-0.2, 0) is 38.0 Å². The molecule has 0 aromatic rings. The Morgan fingerprint density at radius 2 is 1.65 bits per heavy atom. The van der Waals surface area contributed by atoms with E-state index in [9.17, 15) is 16.4 Å². The predicted molar refractivity (Wildman–Crippen MR) is 185 cm³/mol. The zero-order valence-electron chi connectivity index (χ0n) is 33.4. The van der Waals surface area contributed by atoms with E-state index < -0.39 is 83.9 Å². The van der Waals surface area contributed by atoms with E-state index in [1.54, 1.807) is 27.9 Å². The van der Waals surface area contributed by atoms with Gasteiger partial charge in [-0.3, -0.25) is 4.79 Å². The van der Waals surface area contributed by atoms with Crippen LogP contribution in [0.1, 0.15) is 110 Å². The number of aliphatic hydroxyl groups excluding tert-OH is 1. The van der Waals surface area contributed by atoms with Gasteiger partial charge in [0.1, 0.15) is 29.7 Å². The Morgan fingerprint density at radius 3 is 2.27 bits per heavy atom. The summed E-state index contributed by atoms with van der Waals surface area (Å²) < 4.78 is 54.6. The number of carbonyl (C=O) groups excluding carboxylic acids is 1. The number of carbonyl (C=O) groups is 1. The Morgan fingerprint density at radius 1 is 0.980 bits per heavy atom. The van der Waals surface area contributed by atoms with E-state index in [0.29, 0.717) is 37.9 Å². The van der Waals surface area contributed by atoms with E-state index in [1.807, 2.05) is 62.4 Å². The summed E-state index contributed by atoms with van der Waals surface area (Å²) in [5, 5.41) is 23.5. The van der Waals surface area contributed by atoms with Crippen molar-refractivity contribution in [2.24, 2.45) is 23.7 Å². The van der Waals surface area contributed by atoms with Gasteiger partial charge < -0.3 is 48.3 Å². The van der Waals surface area contributed by atoms with Crippen LogP contribution in [0.5, 0.6) is 0 Å². The molecule has 0 amide bonds.